The highest BCUT2D eigenvalue weighted by Crippen LogP contribution is 2.11. The van der Waals surface area contributed by atoms with Crippen LogP contribution in [0.2, 0.25) is 0 Å². The van der Waals surface area contributed by atoms with Gasteiger partial charge in [0.15, 0.2) is 0 Å². The summed E-state index contributed by atoms with van der Waals surface area (Å²) in [5.41, 5.74) is -0.00794. The van der Waals surface area contributed by atoms with Gasteiger partial charge in [-0.15, -0.1) is 11.3 Å². The van der Waals surface area contributed by atoms with E-state index < -0.39 is 0 Å². The Labute approximate surface area is 158 Å². The van der Waals surface area contributed by atoms with E-state index in [4.69, 9.17) is 0 Å². The number of H-pyrrole nitrogens is 1. The lowest BCUT2D eigenvalue weighted by molar-refractivity contribution is 0.131. The van der Waals surface area contributed by atoms with Crippen LogP contribution in [0.5, 0.6) is 0 Å². The molecule has 1 aliphatic rings. The Morgan fingerprint density at radius 3 is 2.42 bits per heavy atom. The molecule has 2 aromatic heterocycles. The number of hydrogen-bond donors (Lipinski definition) is 1. The number of unbranched alkanes of at least 4 members (excludes halogenated alkanes) is 1. The van der Waals surface area contributed by atoms with Crippen LogP contribution < -0.4 is 11.2 Å². The van der Waals surface area contributed by atoms with Crippen LogP contribution in [-0.2, 0) is 13.0 Å². The van der Waals surface area contributed by atoms with Crippen LogP contribution in [0.4, 0.5) is 0 Å². The van der Waals surface area contributed by atoms with E-state index in [1.54, 1.807) is 17.7 Å². The van der Waals surface area contributed by atoms with Gasteiger partial charge in [0.25, 0.3) is 5.56 Å². The van der Waals surface area contributed by atoms with E-state index in [1.807, 2.05) is 11.3 Å². The van der Waals surface area contributed by atoms with Crippen molar-refractivity contribution in [2.45, 2.75) is 32.7 Å². The van der Waals surface area contributed by atoms with Gasteiger partial charge >= 0.3 is 5.69 Å². The standard InChI is InChI=1S/C19H28N4O2S/c1-16-15-23(19(25)20-18(16)24)8-3-2-7-21-10-12-22(13-11-21)9-6-17-5-4-14-26-17/h4-5,14-15H,2-3,6-13H2,1H3,(H,20,24,25). The Bertz CT molecular complexity index is 789. The number of aromatic amines is 1. The van der Waals surface area contributed by atoms with Crippen LogP contribution in [0.25, 0.3) is 0 Å². The maximum absolute atomic E-state index is 11.8. The number of rotatable bonds is 8. The number of thiophene rings is 1. The van der Waals surface area contributed by atoms with Gasteiger partial charge in [-0.05, 0) is 44.2 Å². The van der Waals surface area contributed by atoms with E-state index in [2.05, 4.69) is 32.3 Å². The minimum atomic E-state index is -0.306. The summed E-state index contributed by atoms with van der Waals surface area (Å²) < 4.78 is 1.61. The number of aromatic nitrogens is 2. The Kier molecular flexibility index (Phi) is 6.82. The summed E-state index contributed by atoms with van der Waals surface area (Å²) in [6, 6.07) is 4.34. The summed E-state index contributed by atoms with van der Waals surface area (Å²) in [4.78, 5) is 32.1. The molecule has 2 aromatic rings. The molecular formula is C19H28N4O2S. The summed E-state index contributed by atoms with van der Waals surface area (Å²) in [5.74, 6) is 0. The maximum atomic E-state index is 11.8. The monoisotopic (exact) mass is 376 g/mol. The predicted molar refractivity (Wildman–Crippen MR) is 106 cm³/mol. The van der Waals surface area contributed by atoms with E-state index in [0.29, 0.717) is 12.1 Å². The molecule has 1 fully saturated rings. The predicted octanol–water partition coefficient (Wildman–Crippen LogP) is 1.55. The minimum absolute atomic E-state index is 0.289. The molecular weight excluding hydrogens is 348 g/mol. The Balaban J connectivity index is 1.32. The van der Waals surface area contributed by atoms with Gasteiger partial charge in [0, 0.05) is 55.9 Å². The van der Waals surface area contributed by atoms with Crippen molar-refractivity contribution in [2.75, 3.05) is 39.3 Å². The molecule has 0 amide bonds. The van der Waals surface area contributed by atoms with Crippen molar-refractivity contribution >= 4 is 11.3 Å². The normalized spacial score (nSPS) is 16.2. The zero-order chi connectivity index (χ0) is 18.4. The molecule has 6 nitrogen and oxygen atoms in total. The van der Waals surface area contributed by atoms with Crippen molar-refractivity contribution < 1.29 is 0 Å². The van der Waals surface area contributed by atoms with E-state index in [0.717, 1.165) is 58.5 Å². The maximum Gasteiger partial charge on any atom is 0.328 e. The molecule has 0 bridgehead atoms. The number of nitrogens with one attached hydrogen (secondary N) is 1. The van der Waals surface area contributed by atoms with Crippen molar-refractivity contribution in [3.63, 3.8) is 0 Å². The lowest BCUT2D eigenvalue weighted by Crippen LogP contribution is -2.47. The second-order valence-electron chi connectivity index (χ2n) is 6.98. The molecule has 3 heterocycles. The molecule has 0 saturated carbocycles. The van der Waals surface area contributed by atoms with Crippen LogP contribution in [0.1, 0.15) is 23.3 Å². The highest BCUT2D eigenvalue weighted by Gasteiger charge is 2.16. The summed E-state index contributed by atoms with van der Waals surface area (Å²) >= 11 is 1.85. The van der Waals surface area contributed by atoms with Gasteiger partial charge in [-0.3, -0.25) is 9.78 Å². The molecule has 7 heteroatoms. The quantitative estimate of drug-likeness (QED) is 0.710. The molecule has 0 aliphatic carbocycles. The number of aryl methyl sites for hydroxylation is 2. The van der Waals surface area contributed by atoms with E-state index in [1.165, 1.54) is 4.88 Å². The third-order valence-electron chi connectivity index (χ3n) is 5.03. The fourth-order valence-electron chi connectivity index (χ4n) is 3.36. The Morgan fingerprint density at radius 1 is 1.04 bits per heavy atom. The van der Waals surface area contributed by atoms with E-state index in [9.17, 15) is 9.59 Å². The summed E-state index contributed by atoms with van der Waals surface area (Å²) in [7, 11) is 0. The van der Waals surface area contributed by atoms with Crippen molar-refractivity contribution in [2.24, 2.45) is 0 Å². The van der Waals surface area contributed by atoms with Gasteiger partial charge in [-0.25, -0.2) is 4.79 Å². The topological polar surface area (TPSA) is 61.3 Å². The lowest BCUT2D eigenvalue weighted by Gasteiger charge is -2.34. The first-order chi connectivity index (χ1) is 12.6. The van der Waals surface area contributed by atoms with Gasteiger partial charge in [0.05, 0.1) is 0 Å². The van der Waals surface area contributed by atoms with Gasteiger partial charge in [0.2, 0.25) is 0 Å². The average Bonchev–Trinajstić information content (AvgIpc) is 3.15. The van der Waals surface area contributed by atoms with Gasteiger partial charge in [-0.1, -0.05) is 6.07 Å². The van der Waals surface area contributed by atoms with Crippen molar-refractivity contribution in [3.05, 3.63) is 55.0 Å². The molecule has 26 heavy (non-hydrogen) atoms. The molecule has 1 saturated heterocycles. The van der Waals surface area contributed by atoms with Crippen LogP contribution >= 0.6 is 11.3 Å². The molecule has 0 unspecified atom stereocenters. The molecule has 142 valence electrons. The van der Waals surface area contributed by atoms with Gasteiger partial charge < -0.3 is 14.4 Å². The second-order valence-corrected chi connectivity index (χ2v) is 8.02. The highest BCUT2D eigenvalue weighted by molar-refractivity contribution is 7.09. The fourth-order valence-corrected chi connectivity index (χ4v) is 4.06. The SMILES string of the molecule is Cc1cn(CCCCN2CCN(CCc3cccs3)CC2)c(=O)[nH]c1=O. The largest absolute Gasteiger partial charge is 0.328 e. The van der Waals surface area contributed by atoms with Gasteiger partial charge in [-0.2, -0.15) is 0 Å². The first kappa shape index (κ1) is 19.1. The number of piperazine rings is 1. The van der Waals surface area contributed by atoms with E-state index >= 15 is 0 Å². The Hall–Kier alpha value is -1.70. The molecule has 0 atom stereocenters. The smallest absolute Gasteiger partial charge is 0.301 e. The first-order valence-corrected chi connectivity index (χ1v) is 10.3. The molecule has 0 aromatic carbocycles. The van der Waals surface area contributed by atoms with Crippen LogP contribution in [0.3, 0.4) is 0 Å². The lowest BCUT2D eigenvalue weighted by atomic mass is 10.2. The van der Waals surface area contributed by atoms with Gasteiger partial charge in [0.1, 0.15) is 0 Å². The van der Waals surface area contributed by atoms with Crippen LogP contribution in [-0.4, -0.2) is 58.6 Å². The van der Waals surface area contributed by atoms with E-state index in [-0.39, 0.29) is 11.2 Å². The average molecular weight is 377 g/mol. The van der Waals surface area contributed by atoms with Crippen LogP contribution in [0.15, 0.2) is 33.3 Å². The highest BCUT2D eigenvalue weighted by atomic mass is 32.1. The van der Waals surface area contributed by atoms with Crippen LogP contribution in [0, 0.1) is 6.92 Å². The fraction of sp³-hybridized carbons (Fsp3) is 0.579. The number of hydrogen-bond acceptors (Lipinski definition) is 5. The first-order valence-electron chi connectivity index (χ1n) is 9.39. The van der Waals surface area contributed by atoms with Crippen molar-refractivity contribution in [3.8, 4) is 0 Å². The molecule has 3 rings (SSSR count). The molecule has 1 aliphatic heterocycles. The minimum Gasteiger partial charge on any atom is -0.301 e. The number of nitrogens with zero attached hydrogens (tertiary/aromatic N) is 3. The van der Waals surface area contributed by atoms with Crippen molar-refractivity contribution in [1.29, 1.82) is 0 Å². The Morgan fingerprint density at radius 2 is 1.73 bits per heavy atom. The van der Waals surface area contributed by atoms with Crippen molar-refractivity contribution in [1.82, 2.24) is 19.4 Å². The summed E-state index contributed by atoms with van der Waals surface area (Å²) in [6.07, 6.45) is 4.84. The zero-order valence-corrected chi connectivity index (χ0v) is 16.3. The molecule has 0 radical (unpaired) electrons. The second kappa shape index (κ2) is 9.30. The third-order valence-corrected chi connectivity index (χ3v) is 5.97. The summed E-state index contributed by atoms with van der Waals surface area (Å²) in [6.45, 7) is 9.17. The molecule has 1 N–H and O–H groups in total. The third kappa shape index (κ3) is 5.40. The zero-order valence-electron chi connectivity index (χ0n) is 15.4. The summed E-state index contributed by atoms with van der Waals surface area (Å²) in [5, 5.41) is 2.15. The molecule has 0 spiro atoms.